The van der Waals surface area contributed by atoms with Crippen molar-refractivity contribution in [1.82, 2.24) is 14.6 Å². The molecule has 0 saturated heterocycles. The topological polar surface area (TPSA) is 93.5 Å². The molecule has 2 aromatic heterocycles. The molecule has 0 aromatic carbocycles. The lowest BCUT2D eigenvalue weighted by Crippen LogP contribution is -2.19. The van der Waals surface area contributed by atoms with Crippen LogP contribution in [0.4, 0.5) is 5.69 Å². The van der Waals surface area contributed by atoms with Gasteiger partial charge in [-0.25, -0.2) is 14.3 Å². The molecular weight excluding hydrogens is 220 g/mol. The largest absolute Gasteiger partial charge is 0.477 e. The van der Waals surface area contributed by atoms with Gasteiger partial charge in [0.05, 0.1) is 17.6 Å². The molecule has 0 fully saturated rings. The molecule has 0 aliphatic heterocycles. The summed E-state index contributed by atoms with van der Waals surface area (Å²) in [6.07, 6.45) is 1.48. The molecule has 0 saturated carbocycles. The monoisotopic (exact) mass is 234 g/mol. The van der Waals surface area contributed by atoms with E-state index in [1.54, 1.807) is 4.52 Å². The molecule has 0 spiro atoms. The molecule has 90 valence electrons. The molecule has 3 N–H and O–H groups in total. The van der Waals surface area contributed by atoms with E-state index in [9.17, 15) is 4.79 Å². The first-order valence-corrected chi connectivity index (χ1v) is 5.19. The van der Waals surface area contributed by atoms with Crippen molar-refractivity contribution in [2.75, 3.05) is 5.73 Å². The van der Waals surface area contributed by atoms with Gasteiger partial charge in [0.15, 0.2) is 11.3 Å². The third-order valence-electron chi connectivity index (χ3n) is 2.49. The van der Waals surface area contributed by atoms with Gasteiger partial charge >= 0.3 is 5.97 Å². The molecule has 0 unspecified atom stereocenters. The van der Waals surface area contributed by atoms with Crippen LogP contribution in [0.5, 0.6) is 0 Å². The number of aromatic nitrogens is 3. The summed E-state index contributed by atoms with van der Waals surface area (Å²) in [5, 5.41) is 13.2. The second-order valence-corrected chi connectivity index (χ2v) is 4.92. The predicted molar refractivity (Wildman–Crippen MR) is 63.1 cm³/mol. The summed E-state index contributed by atoms with van der Waals surface area (Å²) in [7, 11) is 0. The summed E-state index contributed by atoms with van der Waals surface area (Å²) in [4.78, 5) is 15.0. The highest BCUT2D eigenvalue weighted by Crippen LogP contribution is 2.25. The maximum atomic E-state index is 11.0. The van der Waals surface area contributed by atoms with Crippen LogP contribution in [0.2, 0.25) is 0 Å². The second kappa shape index (κ2) is 3.44. The van der Waals surface area contributed by atoms with Gasteiger partial charge in [0.25, 0.3) is 0 Å². The number of carbonyl (C=O) groups is 1. The van der Waals surface area contributed by atoms with Gasteiger partial charge in [0.1, 0.15) is 0 Å². The standard InChI is InChI=1S/C11H14N4O2/c1-11(2,3)8-4-7(10(16)17)14-9-6(12)5-13-15(8)9/h4-5H,12H2,1-3H3,(H,16,17). The molecule has 0 atom stereocenters. The Bertz CT molecular complexity index is 595. The Morgan fingerprint density at radius 1 is 1.47 bits per heavy atom. The zero-order chi connectivity index (χ0) is 12.8. The molecule has 17 heavy (non-hydrogen) atoms. The van der Waals surface area contributed by atoms with Crippen molar-refractivity contribution in [3.63, 3.8) is 0 Å². The Morgan fingerprint density at radius 2 is 2.12 bits per heavy atom. The van der Waals surface area contributed by atoms with Crippen molar-refractivity contribution in [2.45, 2.75) is 26.2 Å². The third-order valence-corrected chi connectivity index (χ3v) is 2.49. The van der Waals surface area contributed by atoms with Crippen LogP contribution in [0.25, 0.3) is 5.65 Å². The van der Waals surface area contributed by atoms with Gasteiger partial charge < -0.3 is 10.8 Å². The number of carboxylic acid groups (broad SMARTS) is 1. The predicted octanol–water partition coefficient (Wildman–Crippen LogP) is 1.31. The van der Waals surface area contributed by atoms with E-state index in [2.05, 4.69) is 10.1 Å². The van der Waals surface area contributed by atoms with Gasteiger partial charge in [-0.1, -0.05) is 20.8 Å². The molecular formula is C11H14N4O2. The van der Waals surface area contributed by atoms with Crippen LogP contribution in [0.3, 0.4) is 0 Å². The zero-order valence-corrected chi connectivity index (χ0v) is 9.93. The molecule has 6 nitrogen and oxygen atoms in total. The van der Waals surface area contributed by atoms with Crippen molar-refractivity contribution in [1.29, 1.82) is 0 Å². The first kappa shape index (κ1) is 11.4. The van der Waals surface area contributed by atoms with E-state index in [0.29, 0.717) is 11.3 Å². The van der Waals surface area contributed by atoms with E-state index in [1.165, 1.54) is 12.3 Å². The number of fused-ring (bicyclic) bond motifs is 1. The number of aromatic carboxylic acids is 1. The summed E-state index contributed by atoms with van der Waals surface area (Å²) in [6, 6.07) is 1.53. The number of hydrogen-bond acceptors (Lipinski definition) is 4. The lowest BCUT2D eigenvalue weighted by Gasteiger charge is -2.20. The van der Waals surface area contributed by atoms with Crippen LogP contribution in [-0.2, 0) is 5.41 Å². The third kappa shape index (κ3) is 1.82. The molecule has 0 radical (unpaired) electrons. The van der Waals surface area contributed by atoms with E-state index in [4.69, 9.17) is 10.8 Å². The van der Waals surface area contributed by atoms with E-state index in [1.807, 2.05) is 20.8 Å². The molecule has 2 heterocycles. The maximum Gasteiger partial charge on any atom is 0.354 e. The minimum Gasteiger partial charge on any atom is -0.477 e. The zero-order valence-electron chi connectivity index (χ0n) is 9.93. The van der Waals surface area contributed by atoms with Crippen LogP contribution in [0.15, 0.2) is 12.3 Å². The minimum atomic E-state index is -1.07. The summed E-state index contributed by atoms with van der Waals surface area (Å²) in [6.45, 7) is 5.93. The van der Waals surface area contributed by atoms with Crippen LogP contribution < -0.4 is 5.73 Å². The van der Waals surface area contributed by atoms with E-state index in [-0.39, 0.29) is 11.1 Å². The lowest BCUT2D eigenvalue weighted by atomic mass is 9.91. The number of nitrogen functional groups attached to an aromatic ring is 1. The number of hydrogen-bond donors (Lipinski definition) is 2. The maximum absolute atomic E-state index is 11.0. The van der Waals surface area contributed by atoms with E-state index < -0.39 is 5.97 Å². The van der Waals surface area contributed by atoms with E-state index >= 15 is 0 Å². The highest BCUT2D eigenvalue weighted by atomic mass is 16.4. The number of carboxylic acids is 1. The number of nitrogens with two attached hydrogens (primary N) is 1. The smallest absolute Gasteiger partial charge is 0.354 e. The molecule has 6 heteroatoms. The average Bonchev–Trinajstić information content (AvgIpc) is 2.58. The van der Waals surface area contributed by atoms with Crippen molar-refractivity contribution in [3.8, 4) is 0 Å². The van der Waals surface area contributed by atoms with Gasteiger partial charge in [0.2, 0.25) is 0 Å². The van der Waals surface area contributed by atoms with Crippen LogP contribution >= 0.6 is 0 Å². The quantitative estimate of drug-likeness (QED) is 0.775. The normalized spacial score (nSPS) is 11.9. The molecule has 0 bridgehead atoms. The molecule has 2 aromatic rings. The highest BCUT2D eigenvalue weighted by Gasteiger charge is 2.22. The minimum absolute atomic E-state index is 0.0189. The number of rotatable bonds is 1. The average molecular weight is 234 g/mol. The summed E-state index contributed by atoms with van der Waals surface area (Å²) in [5.74, 6) is -1.07. The van der Waals surface area contributed by atoms with Crippen LogP contribution in [0, 0.1) is 0 Å². The number of nitrogens with zero attached hydrogens (tertiary/aromatic N) is 3. The second-order valence-electron chi connectivity index (χ2n) is 4.92. The molecule has 2 rings (SSSR count). The first-order valence-electron chi connectivity index (χ1n) is 5.19. The fourth-order valence-corrected chi connectivity index (χ4v) is 1.62. The van der Waals surface area contributed by atoms with Gasteiger partial charge in [-0.05, 0) is 6.07 Å². The van der Waals surface area contributed by atoms with Crippen molar-refractivity contribution >= 4 is 17.3 Å². The van der Waals surface area contributed by atoms with E-state index in [0.717, 1.165) is 5.69 Å². The van der Waals surface area contributed by atoms with Crippen molar-refractivity contribution in [2.24, 2.45) is 0 Å². The summed E-state index contributed by atoms with van der Waals surface area (Å²) < 4.78 is 1.59. The summed E-state index contributed by atoms with van der Waals surface area (Å²) >= 11 is 0. The van der Waals surface area contributed by atoms with Gasteiger partial charge in [0, 0.05) is 5.41 Å². The number of anilines is 1. The molecule has 0 aliphatic rings. The lowest BCUT2D eigenvalue weighted by molar-refractivity contribution is 0.0690. The van der Waals surface area contributed by atoms with Crippen molar-refractivity contribution in [3.05, 3.63) is 23.7 Å². The van der Waals surface area contributed by atoms with Crippen LogP contribution in [0.1, 0.15) is 37.0 Å². The van der Waals surface area contributed by atoms with Gasteiger partial charge in [-0.3, -0.25) is 0 Å². The Labute approximate surface area is 98.1 Å². The molecule has 0 aliphatic carbocycles. The Morgan fingerprint density at radius 3 is 2.65 bits per heavy atom. The van der Waals surface area contributed by atoms with Crippen LogP contribution in [-0.4, -0.2) is 25.7 Å². The fourth-order valence-electron chi connectivity index (χ4n) is 1.62. The Hall–Kier alpha value is -2.11. The van der Waals surface area contributed by atoms with Gasteiger partial charge in [-0.15, -0.1) is 0 Å². The molecule has 0 amide bonds. The first-order chi connectivity index (χ1) is 7.80. The highest BCUT2D eigenvalue weighted by molar-refractivity contribution is 5.86. The SMILES string of the molecule is CC(C)(C)c1cc(C(=O)O)nc2c(N)cnn12. The Kier molecular flexibility index (Phi) is 2.30. The Balaban J connectivity index is 2.85. The van der Waals surface area contributed by atoms with Crippen molar-refractivity contribution < 1.29 is 9.90 Å². The summed E-state index contributed by atoms with van der Waals surface area (Å²) in [5.41, 5.74) is 6.97. The fraction of sp³-hybridized carbons (Fsp3) is 0.364. The van der Waals surface area contributed by atoms with Gasteiger partial charge in [-0.2, -0.15) is 5.10 Å².